The van der Waals surface area contributed by atoms with Crippen molar-refractivity contribution in [3.63, 3.8) is 0 Å². The van der Waals surface area contributed by atoms with Crippen LogP contribution in [-0.2, 0) is 19.3 Å². The van der Waals surface area contributed by atoms with E-state index < -0.39 is 5.60 Å². The van der Waals surface area contributed by atoms with Crippen molar-refractivity contribution >= 4 is 11.6 Å². The smallest absolute Gasteiger partial charge is 0.141 e. The second-order valence-electron chi connectivity index (χ2n) is 5.63. The predicted octanol–water partition coefficient (Wildman–Crippen LogP) is 3.29. The van der Waals surface area contributed by atoms with Gasteiger partial charge in [-0.2, -0.15) is 0 Å². The predicted molar refractivity (Wildman–Crippen MR) is 72.5 cm³/mol. The minimum Gasteiger partial charge on any atom is -0.495 e. The van der Waals surface area contributed by atoms with Crippen LogP contribution in [0.5, 0.6) is 5.75 Å². The molecule has 1 fully saturated rings. The first-order valence-corrected chi connectivity index (χ1v) is 7.10. The second-order valence-corrected chi connectivity index (χ2v) is 6.01. The third-order valence-corrected chi connectivity index (χ3v) is 4.57. The molecule has 0 bridgehead atoms. The first kappa shape index (κ1) is 12.3. The van der Waals surface area contributed by atoms with Crippen molar-refractivity contribution in [1.82, 2.24) is 0 Å². The van der Waals surface area contributed by atoms with Gasteiger partial charge in [0.05, 0.1) is 17.7 Å². The normalized spacial score (nSPS) is 20.4. The van der Waals surface area contributed by atoms with E-state index in [-0.39, 0.29) is 0 Å². The Labute approximate surface area is 113 Å². The summed E-state index contributed by atoms with van der Waals surface area (Å²) in [5.74, 6) is 0.776. The van der Waals surface area contributed by atoms with E-state index in [4.69, 9.17) is 16.3 Å². The van der Waals surface area contributed by atoms with Crippen molar-refractivity contribution in [1.29, 1.82) is 0 Å². The van der Waals surface area contributed by atoms with Gasteiger partial charge in [-0.05, 0) is 55.2 Å². The van der Waals surface area contributed by atoms with Crippen molar-refractivity contribution in [3.8, 4) is 5.75 Å². The SMILES string of the molecule is COc1c(CC2(O)CC2)cc2c(c1Cl)CCCC2. The number of rotatable bonds is 3. The lowest BCUT2D eigenvalue weighted by Gasteiger charge is -2.22. The maximum atomic E-state index is 10.1. The molecular formula is C15H19ClO2. The number of halogens is 1. The maximum absolute atomic E-state index is 10.1. The maximum Gasteiger partial charge on any atom is 0.141 e. The molecule has 0 heterocycles. The number of benzene rings is 1. The Morgan fingerprint density at radius 3 is 2.72 bits per heavy atom. The minimum atomic E-state index is -0.500. The van der Waals surface area contributed by atoms with E-state index in [1.54, 1.807) is 7.11 Å². The highest BCUT2D eigenvalue weighted by molar-refractivity contribution is 6.33. The van der Waals surface area contributed by atoms with Crippen molar-refractivity contribution in [2.24, 2.45) is 0 Å². The van der Waals surface area contributed by atoms with E-state index in [2.05, 4.69) is 6.07 Å². The summed E-state index contributed by atoms with van der Waals surface area (Å²) in [6, 6.07) is 2.20. The van der Waals surface area contributed by atoms with E-state index in [0.29, 0.717) is 6.42 Å². The molecule has 1 aromatic rings. The number of methoxy groups -OCH3 is 1. The molecule has 18 heavy (non-hydrogen) atoms. The first-order valence-electron chi connectivity index (χ1n) is 6.72. The van der Waals surface area contributed by atoms with Crippen molar-refractivity contribution in [2.75, 3.05) is 7.11 Å². The zero-order valence-corrected chi connectivity index (χ0v) is 11.5. The van der Waals surface area contributed by atoms with Gasteiger partial charge in [-0.1, -0.05) is 17.7 Å². The molecule has 0 saturated heterocycles. The van der Waals surface area contributed by atoms with Crippen LogP contribution in [0.15, 0.2) is 6.07 Å². The van der Waals surface area contributed by atoms with Gasteiger partial charge in [0.2, 0.25) is 0 Å². The third-order valence-electron chi connectivity index (χ3n) is 4.17. The van der Waals surface area contributed by atoms with E-state index in [0.717, 1.165) is 42.0 Å². The first-order chi connectivity index (χ1) is 8.63. The third kappa shape index (κ3) is 2.12. The van der Waals surface area contributed by atoms with Crippen LogP contribution in [0.1, 0.15) is 42.4 Å². The highest BCUT2D eigenvalue weighted by Crippen LogP contribution is 2.44. The van der Waals surface area contributed by atoms with Gasteiger partial charge in [-0.15, -0.1) is 0 Å². The summed E-state index contributed by atoms with van der Waals surface area (Å²) in [6.45, 7) is 0. The fourth-order valence-electron chi connectivity index (χ4n) is 2.92. The molecule has 0 amide bonds. The Balaban J connectivity index is 2.03. The fourth-order valence-corrected chi connectivity index (χ4v) is 3.33. The minimum absolute atomic E-state index is 0.500. The summed E-state index contributed by atoms with van der Waals surface area (Å²) in [5.41, 5.74) is 3.18. The summed E-state index contributed by atoms with van der Waals surface area (Å²) in [4.78, 5) is 0. The van der Waals surface area contributed by atoms with Gasteiger partial charge in [0.15, 0.2) is 0 Å². The number of aliphatic hydroxyl groups is 1. The van der Waals surface area contributed by atoms with Crippen LogP contribution in [0, 0.1) is 0 Å². The van der Waals surface area contributed by atoms with E-state index in [1.165, 1.54) is 24.0 Å². The van der Waals surface area contributed by atoms with Gasteiger partial charge < -0.3 is 9.84 Å². The van der Waals surface area contributed by atoms with Crippen LogP contribution in [-0.4, -0.2) is 17.8 Å². The van der Waals surface area contributed by atoms with Crippen LogP contribution >= 0.6 is 11.6 Å². The van der Waals surface area contributed by atoms with Crippen LogP contribution in [0.3, 0.4) is 0 Å². The number of fused-ring (bicyclic) bond motifs is 1. The van der Waals surface area contributed by atoms with Crippen molar-refractivity contribution < 1.29 is 9.84 Å². The zero-order chi connectivity index (χ0) is 12.8. The molecule has 2 aliphatic rings. The number of hydrogen-bond acceptors (Lipinski definition) is 2. The van der Waals surface area contributed by atoms with E-state index >= 15 is 0 Å². The molecule has 0 radical (unpaired) electrons. The number of hydrogen-bond donors (Lipinski definition) is 1. The largest absolute Gasteiger partial charge is 0.495 e. The van der Waals surface area contributed by atoms with Crippen molar-refractivity contribution in [3.05, 3.63) is 27.8 Å². The molecule has 1 N–H and O–H groups in total. The van der Waals surface area contributed by atoms with Gasteiger partial charge in [-0.25, -0.2) is 0 Å². The van der Waals surface area contributed by atoms with Crippen molar-refractivity contribution in [2.45, 2.75) is 50.5 Å². The monoisotopic (exact) mass is 266 g/mol. The van der Waals surface area contributed by atoms with Gasteiger partial charge in [0.1, 0.15) is 5.75 Å². The Kier molecular flexibility index (Phi) is 3.03. The summed E-state index contributed by atoms with van der Waals surface area (Å²) in [6.07, 6.45) is 7.05. The van der Waals surface area contributed by atoms with Crippen LogP contribution < -0.4 is 4.74 Å². The molecule has 3 rings (SSSR count). The quantitative estimate of drug-likeness (QED) is 0.910. The van der Waals surface area contributed by atoms with Gasteiger partial charge in [-0.3, -0.25) is 0 Å². The standard InChI is InChI=1S/C15H19ClO2/c1-18-14-11(9-15(17)6-7-15)8-10-4-2-3-5-12(10)13(14)16/h8,17H,2-7,9H2,1H3. The molecule has 0 spiro atoms. The van der Waals surface area contributed by atoms with E-state index in [1.807, 2.05) is 0 Å². The van der Waals surface area contributed by atoms with Crippen LogP contribution in [0.4, 0.5) is 0 Å². The van der Waals surface area contributed by atoms with Crippen LogP contribution in [0.2, 0.25) is 5.02 Å². The van der Waals surface area contributed by atoms with Gasteiger partial charge in [0.25, 0.3) is 0 Å². The van der Waals surface area contributed by atoms with E-state index in [9.17, 15) is 5.11 Å². The molecule has 0 atom stereocenters. The summed E-state index contributed by atoms with van der Waals surface area (Å²) in [7, 11) is 1.66. The Bertz CT molecular complexity index is 478. The zero-order valence-electron chi connectivity index (χ0n) is 10.8. The lowest BCUT2D eigenvalue weighted by Crippen LogP contribution is -2.14. The molecule has 3 heteroatoms. The Hall–Kier alpha value is -0.730. The van der Waals surface area contributed by atoms with Gasteiger partial charge >= 0.3 is 0 Å². The molecule has 0 unspecified atom stereocenters. The summed E-state index contributed by atoms with van der Waals surface area (Å²) >= 11 is 6.47. The lowest BCUT2D eigenvalue weighted by molar-refractivity contribution is 0.150. The average Bonchev–Trinajstić information content (AvgIpc) is 3.07. The van der Waals surface area contributed by atoms with Crippen LogP contribution in [0.25, 0.3) is 0 Å². The number of ether oxygens (including phenoxy) is 1. The van der Waals surface area contributed by atoms with Gasteiger partial charge in [0, 0.05) is 6.42 Å². The average molecular weight is 267 g/mol. The molecule has 98 valence electrons. The molecule has 2 aliphatic carbocycles. The topological polar surface area (TPSA) is 29.5 Å². The Morgan fingerprint density at radius 1 is 1.33 bits per heavy atom. The summed E-state index contributed by atoms with van der Waals surface area (Å²) in [5, 5.41) is 10.9. The molecular weight excluding hydrogens is 248 g/mol. The fraction of sp³-hybridized carbons (Fsp3) is 0.600. The molecule has 2 nitrogen and oxygen atoms in total. The summed E-state index contributed by atoms with van der Waals surface area (Å²) < 4.78 is 5.47. The number of aryl methyl sites for hydroxylation is 1. The molecule has 1 aromatic carbocycles. The lowest BCUT2D eigenvalue weighted by atomic mass is 9.88. The highest BCUT2D eigenvalue weighted by atomic mass is 35.5. The molecule has 0 aromatic heterocycles. The molecule has 1 saturated carbocycles. The molecule has 0 aliphatic heterocycles. The highest BCUT2D eigenvalue weighted by Gasteiger charge is 2.41. The second kappa shape index (κ2) is 4.43. The Morgan fingerprint density at radius 2 is 2.06 bits per heavy atom.